The monoisotopic (exact) mass is 454 g/mol. The summed E-state index contributed by atoms with van der Waals surface area (Å²) < 4.78 is 0. The second kappa shape index (κ2) is 7.73. The molecule has 0 saturated carbocycles. The van der Waals surface area contributed by atoms with E-state index in [4.69, 9.17) is 16.4 Å². The Kier molecular flexibility index (Phi) is 4.68. The minimum Gasteiger partial charge on any atom is -0.273 e. The fourth-order valence-corrected chi connectivity index (χ4v) is 5.08. The lowest BCUT2D eigenvalue weighted by Gasteiger charge is -2.29. The van der Waals surface area contributed by atoms with Gasteiger partial charge in [0.05, 0.1) is 17.4 Å². The number of carbonyl (C=O) groups excluding carboxylic acids is 2. The number of rotatable bonds is 3. The molecule has 5 nitrogen and oxygen atoms in total. The molecular formula is C27H19ClN2O3. The number of halogens is 1. The molecule has 4 aromatic rings. The molecule has 0 N–H and O–H groups in total. The van der Waals surface area contributed by atoms with Gasteiger partial charge >= 0.3 is 0 Å². The lowest BCUT2D eigenvalue weighted by atomic mass is 9.90. The van der Waals surface area contributed by atoms with Crippen LogP contribution in [0, 0.1) is 5.92 Å². The fourth-order valence-electron chi connectivity index (χ4n) is 4.88. The zero-order valence-corrected chi connectivity index (χ0v) is 18.2. The average molecular weight is 455 g/mol. The Hall–Kier alpha value is -3.67. The number of imide groups is 1. The van der Waals surface area contributed by atoms with Crippen LogP contribution in [0.2, 0.25) is 5.02 Å². The molecule has 2 aliphatic heterocycles. The van der Waals surface area contributed by atoms with E-state index in [1.165, 1.54) is 4.90 Å². The Balaban J connectivity index is 1.47. The van der Waals surface area contributed by atoms with Crippen molar-refractivity contribution in [3.05, 3.63) is 108 Å². The summed E-state index contributed by atoms with van der Waals surface area (Å²) in [6.07, 6.45) is -0.916. The number of fused-ring (bicyclic) bond motifs is 2. The maximum absolute atomic E-state index is 13.9. The van der Waals surface area contributed by atoms with Crippen LogP contribution in [0.1, 0.15) is 11.6 Å². The van der Waals surface area contributed by atoms with Crippen LogP contribution in [0.25, 0.3) is 10.8 Å². The molecule has 33 heavy (non-hydrogen) atoms. The lowest BCUT2D eigenvalue weighted by Crippen LogP contribution is -2.37. The number of hydroxylamine groups is 1. The SMILES string of the molecule is O=C1[C@H]2[C@@H](ON(c3ccccc3)[C@H]2c2cccc(Cl)c2)C(=O)N1c1cccc2ccccc12. The molecule has 0 spiro atoms. The van der Waals surface area contributed by atoms with Gasteiger partial charge in [-0.1, -0.05) is 78.3 Å². The fraction of sp³-hybridized carbons (Fsp3) is 0.111. The van der Waals surface area contributed by atoms with Crippen molar-refractivity contribution in [2.75, 3.05) is 9.96 Å². The largest absolute Gasteiger partial charge is 0.273 e. The predicted octanol–water partition coefficient (Wildman–Crippen LogP) is 5.54. The summed E-state index contributed by atoms with van der Waals surface area (Å²) in [6, 6.07) is 29.7. The van der Waals surface area contributed by atoms with Crippen molar-refractivity contribution in [3.63, 3.8) is 0 Å². The molecule has 2 aliphatic rings. The van der Waals surface area contributed by atoms with Crippen molar-refractivity contribution in [3.8, 4) is 0 Å². The Morgan fingerprint density at radius 2 is 1.48 bits per heavy atom. The van der Waals surface area contributed by atoms with Gasteiger partial charge in [0.15, 0.2) is 6.10 Å². The number of hydrogen-bond acceptors (Lipinski definition) is 4. The first-order valence-corrected chi connectivity index (χ1v) is 11.1. The van der Waals surface area contributed by atoms with Crippen molar-refractivity contribution in [2.24, 2.45) is 5.92 Å². The first-order valence-electron chi connectivity index (χ1n) is 10.8. The number of amides is 2. The number of carbonyl (C=O) groups is 2. The maximum atomic E-state index is 13.9. The molecule has 4 aromatic carbocycles. The molecule has 2 saturated heterocycles. The Bertz CT molecular complexity index is 1390. The second-order valence-electron chi connectivity index (χ2n) is 8.22. The summed E-state index contributed by atoms with van der Waals surface area (Å²) in [5.41, 5.74) is 2.17. The van der Waals surface area contributed by atoms with Gasteiger partial charge in [0.1, 0.15) is 5.92 Å². The molecule has 0 aliphatic carbocycles. The van der Waals surface area contributed by atoms with Gasteiger partial charge in [-0.25, -0.2) is 9.96 Å². The Labute approximate surface area is 195 Å². The van der Waals surface area contributed by atoms with E-state index < -0.39 is 18.1 Å². The van der Waals surface area contributed by atoms with Crippen LogP contribution in [0.4, 0.5) is 11.4 Å². The molecule has 2 fully saturated rings. The Morgan fingerprint density at radius 3 is 2.30 bits per heavy atom. The second-order valence-corrected chi connectivity index (χ2v) is 8.66. The normalized spacial score (nSPS) is 22.3. The molecule has 0 radical (unpaired) electrons. The summed E-state index contributed by atoms with van der Waals surface area (Å²) >= 11 is 6.29. The number of benzene rings is 4. The van der Waals surface area contributed by atoms with Crippen LogP contribution in [0.3, 0.4) is 0 Å². The highest BCUT2D eigenvalue weighted by atomic mass is 35.5. The van der Waals surface area contributed by atoms with Crippen LogP contribution in [0.5, 0.6) is 0 Å². The van der Waals surface area contributed by atoms with E-state index >= 15 is 0 Å². The van der Waals surface area contributed by atoms with Crippen LogP contribution >= 0.6 is 11.6 Å². The van der Waals surface area contributed by atoms with E-state index in [1.54, 1.807) is 11.1 Å². The van der Waals surface area contributed by atoms with Crippen molar-refractivity contribution in [1.29, 1.82) is 0 Å². The summed E-state index contributed by atoms with van der Waals surface area (Å²) in [5.74, 6) is -1.33. The van der Waals surface area contributed by atoms with Crippen LogP contribution < -0.4 is 9.96 Å². The van der Waals surface area contributed by atoms with Gasteiger partial charge in [0, 0.05) is 10.4 Å². The topological polar surface area (TPSA) is 49.9 Å². The minimum absolute atomic E-state index is 0.273. The Morgan fingerprint density at radius 1 is 0.758 bits per heavy atom. The van der Waals surface area contributed by atoms with Gasteiger partial charge in [0.25, 0.3) is 5.91 Å². The number of nitrogens with zero attached hydrogens (tertiary/aromatic N) is 2. The predicted molar refractivity (Wildman–Crippen MR) is 128 cm³/mol. The molecule has 0 unspecified atom stereocenters. The third kappa shape index (κ3) is 3.12. The van der Waals surface area contributed by atoms with Gasteiger partial charge in [-0.3, -0.25) is 14.4 Å². The summed E-state index contributed by atoms with van der Waals surface area (Å²) in [5, 5.41) is 4.05. The number of anilines is 2. The van der Waals surface area contributed by atoms with E-state index in [1.807, 2.05) is 91.0 Å². The van der Waals surface area contributed by atoms with E-state index in [0.717, 1.165) is 22.0 Å². The molecule has 6 heteroatoms. The number of hydrogen-bond donors (Lipinski definition) is 0. The van der Waals surface area contributed by atoms with Crippen molar-refractivity contribution < 1.29 is 14.4 Å². The molecule has 2 heterocycles. The van der Waals surface area contributed by atoms with Crippen molar-refractivity contribution >= 4 is 45.6 Å². The number of para-hydroxylation sites is 1. The first kappa shape index (κ1) is 20.0. The van der Waals surface area contributed by atoms with Crippen LogP contribution in [0.15, 0.2) is 97.1 Å². The van der Waals surface area contributed by atoms with Crippen LogP contribution in [-0.4, -0.2) is 17.9 Å². The summed E-state index contributed by atoms with van der Waals surface area (Å²) in [7, 11) is 0. The molecule has 0 bridgehead atoms. The highest BCUT2D eigenvalue weighted by Gasteiger charge is 2.60. The molecule has 6 rings (SSSR count). The van der Waals surface area contributed by atoms with E-state index in [0.29, 0.717) is 10.7 Å². The molecule has 162 valence electrons. The zero-order chi connectivity index (χ0) is 22.5. The quantitative estimate of drug-likeness (QED) is 0.381. The highest BCUT2D eigenvalue weighted by Crippen LogP contribution is 2.48. The van der Waals surface area contributed by atoms with Gasteiger partial charge in [0.2, 0.25) is 5.91 Å². The van der Waals surface area contributed by atoms with Gasteiger partial charge in [-0.15, -0.1) is 0 Å². The smallest absolute Gasteiger partial charge is 0.266 e. The van der Waals surface area contributed by atoms with E-state index in [-0.39, 0.29) is 11.8 Å². The van der Waals surface area contributed by atoms with E-state index in [2.05, 4.69) is 0 Å². The minimum atomic E-state index is -0.916. The average Bonchev–Trinajstić information content (AvgIpc) is 3.35. The van der Waals surface area contributed by atoms with Crippen molar-refractivity contribution in [2.45, 2.75) is 12.1 Å². The van der Waals surface area contributed by atoms with Gasteiger partial charge in [-0.2, -0.15) is 0 Å². The molecule has 3 atom stereocenters. The summed E-state index contributed by atoms with van der Waals surface area (Å²) in [4.78, 5) is 34.9. The standard InChI is InChI=1S/C27H19ClN2O3/c28-19-11-6-10-18(16-19)24-23-25(33-30(24)20-12-2-1-3-13-20)27(32)29(26(23)31)22-15-7-9-17-8-4-5-14-21(17)22/h1-16,23-25H/t23-,24+,25-/m1/s1. The van der Waals surface area contributed by atoms with Gasteiger partial charge in [-0.05, 0) is 41.3 Å². The third-order valence-corrected chi connectivity index (χ3v) is 6.56. The summed E-state index contributed by atoms with van der Waals surface area (Å²) in [6.45, 7) is 0. The zero-order valence-electron chi connectivity index (χ0n) is 17.5. The lowest BCUT2D eigenvalue weighted by molar-refractivity contribution is -0.126. The molecular weight excluding hydrogens is 436 g/mol. The van der Waals surface area contributed by atoms with Crippen LogP contribution in [-0.2, 0) is 14.4 Å². The molecule has 0 aromatic heterocycles. The highest BCUT2D eigenvalue weighted by molar-refractivity contribution is 6.30. The maximum Gasteiger partial charge on any atom is 0.266 e. The third-order valence-electron chi connectivity index (χ3n) is 6.32. The molecule has 2 amide bonds. The van der Waals surface area contributed by atoms with Crippen molar-refractivity contribution in [1.82, 2.24) is 0 Å². The van der Waals surface area contributed by atoms with E-state index in [9.17, 15) is 9.59 Å². The first-order chi connectivity index (χ1) is 16.1. The van der Waals surface area contributed by atoms with Gasteiger partial charge < -0.3 is 0 Å².